The lowest BCUT2D eigenvalue weighted by Gasteiger charge is -2.24. The largest absolute Gasteiger partial charge is 0.383 e. The van der Waals surface area contributed by atoms with Crippen LogP contribution in [0.15, 0.2) is 20.1 Å². The Morgan fingerprint density at radius 3 is 2.53 bits per heavy atom. The highest BCUT2D eigenvalue weighted by Gasteiger charge is 2.27. The van der Waals surface area contributed by atoms with Gasteiger partial charge in [0.1, 0.15) is 4.21 Å². The van der Waals surface area contributed by atoms with Crippen molar-refractivity contribution in [1.29, 1.82) is 0 Å². The summed E-state index contributed by atoms with van der Waals surface area (Å²) in [4.78, 5) is 0. The summed E-state index contributed by atoms with van der Waals surface area (Å²) < 4.78 is 32.3. The number of thiophene rings is 1. The summed E-state index contributed by atoms with van der Waals surface area (Å²) in [5.74, 6) is 0. The number of nitrogens with zero attached hydrogens (tertiary/aromatic N) is 1. The molecular formula is C10H16BrNO3S2. The Morgan fingerprint density at radius 1 is 1.47 bits per heavy atom. The number of hydrogen-bond donors (Lipinski definition) is 0. The van der Waals surface area contributed by atoms with E-state index in [9.17, 15) is 8.42 Å². The van der Waals surface area contributed by atoms with Crippen LogP contribution in [0.2, 0.25) is 0 Å². The standard InChI is InChI=1S/C10H16BrNO3S2/c1-8(2)12(6-7-15-3)17(13,14)10-5-4-9(11)16-10/h4-5,8H,6-7H2,1-3H3. The molecule has 0 aliphatic carbocycles. The molecule has 0 spiro atoms. The van der Waals surface area contributed by atoms with E-state index >= 15 is 0 Å². The van der Waals surface area contributed by atoms with Gasteiger partial charge in [0.15, 0.2) is 0 Å². The molecule has 1 rings (SSSR count). The summed E-state index contributed by atoms with van der Waals surface area (Å²) in [5.41, 5.74) is 0. The molecule has 0 unspecified atom stereocenters. The van der Waals surface area contributed by atoms with Gasteiger partial charge in [0.25, 0.3) is 10.0 Å². The van der Waals surface area contributed by atoms with E-state index in [4.69, 9.17) is 4.74 Å². The van der Waals surface area contributed by atoms with E-state index in [1.54, 1.807) is 19.2 Å². The Kier molecular flexibility index (Phi) is 5.59. The molecule has 98 valence electrons. The Balaban J connectivity index is 3.00. The first-order chi connectivity index (χ1) is 7.89. The van der Waals surface area contributed by atoms with Crippen molar-refractivity contribution in [1.82, 2.24) is 4.31 Å². The van der Waals surface area contributed by atoms with Crippen molar-refractivity contribution in [2.24, 2.45) is 0 Å². The van der Waals surface area contributed by atoms with Gasteiger partial charge < -0.3 is 4.74 Å². The number of methoxy groups -OCH3 is 1. The Morgan fingerprint density at radius 2 is 2.12 bits per heavy atom. The van der Waals surface area contributed by atoms with E-state index in [0.717, 1.165) is 3.79 Å². The van der Waals surface area contributed by atoms with Crippen LogP contribution < -0.4 is 0 Å². The van der Waals surface area contributed by atoms with E-state index in [1.165, 1.54) is 15.6 Å². The number of sulfonamides is 1. The summed E-state index contributed by atoms with van der Waals surface area (Å²) in [6.07, 6.45) is 0. The molecule has 7 heteroatoms. The molecule has 0 atom stereocenters. The van der Waals surface area contributed by atoms with Gasteiger partial charge in [-0.15, -0.1) is 11.3 Å². The molecule has 17 heavy (non-hydrogen) atoms. The molecule has 0 saturated heterocycles. The second-order valence-corrected chi connectivity index (χ2v) is 8.34. The monoisotopic (exact) mass is 341 g/mol. The Bertz CT molecular complexity index is 456. The molecule has 0 saturated carbocycles. The van der Waals surface area contributed by atoms with Gasteiger partial charge in [-0.3, -0.25) is 0 Å². The molecule has 0 radical (unpaired) electrons. The first-order valence-electron chi connectivity index (χ1n) is 5.15. The van der Waals surface area contributed by atoms with Gasteiger partial charge in [0, 0.05) is 19.7 Å². The van der Waals surface area contributed by atoms with Crippen molar-refractivity contribution in [3.63, 3.8) is 0 Å². The zero-order valence-electron chi connectivity index (χ0n) is 10.0. The highest BCUT2D eigenvalue weighted by molar-refractivity contribution is 9.11. The fraction of sp³-hybridized carbons (Fsp3) is 0.600. The van der Waals surface area contributed by atoms with Crippen LogP contribution in [-0.4, -0.2) is 39.0 Å². The van der Waals surface area contributed by atoms with Gasteiger partial charge in [-0.05, 0) is 41.9 Å². The van der Waals surface area contributed by atoms with Crippen LogP contribution in [0, 0.1) is 0 Å². The highest BCUT2D eigenvalue weighted by atomic mass is 79.9. The van der Waals surface area contributed by atoms with Crippen molar-refractivity contribution in [3.05, 3.63) is 15.9 Å². The van der Waals surface area contributed by atoms with Crippen molar-refractivity contribution in [2.45, 2.75) is 24.1 Å². The lowest BCUT2D eigenvalue weighted by Crippen LogP contribution is -2.38. The number of ether oxygens (including phenoxy) is 1. The molecule has 4 nitrogen and oxygen atoms in total. The van der Waals surface area contributed by atoms with Gasteiger partial charge >= 0.3 is 0 Å². The molecule has 0 amide bonds. The average molecular weight is 342 g/mol. The van der Waals surface area contributed by atoms with Crippen LogP contribution in [0.3, 0.4) is 0 Å². The molecule has 1 aromatic heterocycles. The molecular weight excluding hydrogens is 326 g/mol. The summed E-state index contributed by atoms with van der Waals surface area (Å²) in [5, 5.41) is 0. The maximum atomic E-state index is 12.4. The quantitative estimate of drug-likeness (QED) is 0.798. The number of halogens is 1. The lowest BCUT2D eigenvalue weighted by molar-refractivity contribution is 0.171. The predicted octanol–water partition coefficient (Wildman–Crippen LogP) is 2.56. The van der Waals surface area contributed by atoms with Gasteiger partial charge in [-0.1, -0.05) is 0 Å². The second-order valence-electron chi connectivity index (χ2n) is 3.76. The van der Waals surface area contributed by atoms with Crippen LogP contribution in [0.4, 0.5) is 0 Å². The minimum atomic E-state index is -3.41. The average Bonchev–Trinajstić information content (AvgIpc) is 2.65. The van der Waals surface area contributed by atoms with Crippen LogP contribution in [0.1, 0.15) is 13.8 Å². The normalized spacial score (nSPS) is 12.6. The molecule has 0 N–H and O–H groups in total. The summed E-state index contributed by atoms with van der Waals surface area (Å²) in [6.45, 7) is 4.47. The Labute approximate surface area is 115 Å². The zero-order chi connectivity index (χ0) is 13.1. The van der Waals surface area contributed by atoms with Gasteiger partial charge in [-0.25, -0.2) is 8.42 Å². The van der Waals surface area contributed by atoms with Crippen LogP contribution in [0.5, 0.6) is 0 Å². The second kappa shape index (κ2) is 6.29. The van der Waals surface area contributed by atoms with E-state index in [2.05, 4.69) is 15.9 Å². The Hall–Kier alpha value is 0.0500. The van der Waals surface area contributed by atoms with Crippen molar-refractivity contribution in [3.8, 4) is 0 Å². The number of hydrogen-bond acceptors (Lipinski definition) is 4. The zero-order valence-corrected chi connectivity index (χ0v) is 13.2. The van der Waals surface area contributed by atoms with Crippen molar-refractivity contribution in [2.75, 3.05) is 20.3 Å². The third-order valence-electron chi connectivity index (χ3n) is 2.20. The predicted molar refractivity (Wildman–Crippen MR) is 72.9 cm³/mol. The minimum Gasteiger partial charge on any atom is -0.383 e. The van der Waals surface area contributed by atoms with Crippen molar-refractivity contribution >= 4 is 37.3 Å². The third kappa shape index (κ3) is 3.75. The fourth-order valence-electron chi connectivity index (χ4n) is 1.39. The van der Waals surface area contributed by atoms with E-state index in [1.807, 2.05) is 13.8 Å². The molecule has 1 heterocycles. The fourth-order valence-corrected chi connectivity index (χ4v) is 5.15. The first kappa shape index (κ1) is 15.1. The van der Waals surface area contributed by atoms with E-state index < -0.39 is 10.0 Å². The molecule has 1 aromatic rings. The highest BCUT2D eigenvalue weighted by Crippen LogP contribution is 2.29. The van der Waals surface area contributed by atoms with E-state index in [0.29, 0.717) is 17.4 Å². The molecule has 0 aromatic carbocycles. The first-order valence-corrected chi connectivity index (χ1v) is 8.20. The van der Waals surface area contributed by atoms with Gasteiger partial charge in [0.2, 0.25) is 0 Å². The van der Waals surface area contributed by atoms with Crippen molar-refractivity contribution < 1.29 is 13.2 Å². The van der Waals surface area contributed by atoms with E-state index in [-0.39, 0.29) is 6.04 Å². The summed E-state index contributed by atoms with van der Waals surface area (Å²) >= 11 is 4.49. The molecule has 0 aliphatic heterocycles. The smallest absolute Gasteiger partial charge is 0.252 e. The van der Waals surface area contributed by atoms with Crippen LogP contribution >= 0.6 is 27.3 Å². The SMILES string of the molecule is COCCN(C(C)C)S(=O)(=O)c1ccc(Br)s1. The molecule has 0 aliphatic rings. The van der Waals surface area contributed by atoms with Crippen LogP contribution in [0.25, 0.3) is 0 Å². The molecule has 0 bridgehead atoms. The van der Waals surface area contributed by atoms with Gasteiger partial charge in [-0.2, -0.15) is 4.31 Å². The lowest BCUT2D eigenvalue weighted by atomic mass is 10.4. The maximum absolute atomic E-state index is 12.4. The summed E-state index contributed by atoms with van der Waals surface area (Å²) in [6, 6.07) is 3.27. The van der Waals surface area contributed by atoms with Gasteiger partial charge in [0.05, 0.1) is 10.4 Å². The number of rotatable bonds is 6. The third-order valence-corrected chi connectivity index (χ3v) is 6.37. The summed E-state index contributed by atoms with van der Waals surface area (Å²) in [7, 11) is -1.85. The minimum absolute atomic E-state index is 0.0870. The van der Waals surface area contributed by atoms with Crippen LogP contribution in [-0.2, 0) is 14.8 Å². The maximum Gasteiger partial charge on any atom is 0.252 e. The topological polar surface area (TPSA) is 46.6 Å². The molecule has 0 fully saturated rings.